The molecule has 1 aromatic carbocycles. The fourth-order valence-electron chi connectivity index (χ4n) is 3.77. The van der Waals surface area contributed by atoms with Gasteiger partial charge in [0.1, 0.15) is 11.9 Å². The van der Waals surface area contributed by atoms with Gasteiger partial charge in [-0.05, 0) is 53.6 Å². The average Bonchev–Trinajstić information content (AvgIpc) is 3.33. The largest absolute Gasteiger partial charge is 0.490 e. The van der Waals surface area contributed by atoms with Crippen LogP contribution in [-0.2, 0) is 4.74 Å². The number of esters is 1. The second-order valence-corrected chi connectivity index (χ2v) is 7.72. The highest BCUT2D eigenvalue weighted by Crippen LogP contribution is 2.30. The highest BCUT2D eigenvalue weighted by atomic mass is 16.6. The van der Waals surface area contributed by atoms with Crippen molar-refractivity contribution in [2.75, 3.05) is 29.9 Å². The molecule has 1 saturated heterocycles. The predicted octanol–water partition coefficient (Wildman–Crippen LogP) is 3.38. The molecule has 11 nitrogen and oxygen atoms in total. The van der Waals surface area contributed by atoms with Crippen LogP contribution in [0.5, 0.6) is 5.75 Å². The van der Waals surface area contributed by atoms with E-state index in [1.54, 1.807) is 43.6 Å². The number of anilines is 3. The Balaban J connectivity index is 1.33. The van der Waals surface area contributed by atoms with Gasteiger partial charge in [0, 0.05) is 44.0 Å². The normalized spacial score (nSPS) is 14.2. The van der Waals surface area contributed by atoms with E-state index < -0.39 is 0 Å². The van der Waals surface area contributed by atoms with Gasteiger partial charge in [0.15, 0.2) is 11.6 Å². The van der Waals surface area contributed by atoms with Crippen molar-refractivity contribution in [2.24, 2.45) is 0 Å². The van der Waals surface area contributed by atoms with Gasteiger partial charge in [0.25, 0.3) is 0 Å². The summed E-state index contributed by atoms with van der Waals surface area (Å²) in [6, 6.07) is 10.7. The first kappa shape index (κ1) is 21.6. The van der Waals surface area contributed by atoms with E-state index in [-0.39, 0.29) is 12.1 Å². The van der Waals surface area contributed by atoms with Gasteiger partial charge in [-0.15, -0.1) is 0 Å². The van der Waals surface area contributed by atoms with Gasteiger partial charge < -0.3 is 19.7 Å². The SMILES string of the molecule is CCOC(=O)c1ccc(Nc2nc3nonc3nc2N2CCC(Oc3ccncc3)CC2)cc1. The van der Waals surface area contributed by atoms with Gasteiger partial charge in [-0.25, -0.2) is 19.4 Å². The van der Waals surface area contributed by atoms with Crippen LogP contribution < -0.4 is 15.0 Å². The Morgan fingerprint density at radius 2 is 1.76 bits per heavy atom. The molecule has 0 spiro atoms. The first-order valence-electron chi connectivity index (χ1n) is 11.1. The van der Waals surface area contributed by atoms with Crippen molar-refractivity contribution < 1.29 is 18.9 Å². The highest BCUT2D eigenvalue weighted by Gasteiger charge is 2.25. The van der Waals surface area contributed by atoms with Crippen molar-refractivity contribution >= 4 is 34.6 Å². The molecule has 11 heteroatoms. The summed E-state index contributed by atoms with van der Waals surface area (Å²) in [4.78, 5) is 27.3. The summed E-state index contributed by atoms with van der Waals surface area (Å²) in [5.41, 5.74) is 1.88. The van der Waals surface area contributed by atoms with E-state index in [9.17, 15) is 4.79 Å². The molecule has 3 aromatic heterocycles. The van der Waals surface area contributed by atoms with Crippen LogP contribution in [0.1, 0.15) is 30.1 Å². The van der Waals surface area contributed by atoms with Crippen LogP contribution in [0.25, 0.3) is 11.3 Å². The van der Waals surface area contributed by atoms with Crippen molar-refractivity contribution in [3.05, 3.63) is 54.4 Å². The number of nitrogens with one attached hydrogen (secondary N) is 1. The Morgan fingerprint density at radius 1 is 1.06 bits per heavy atom. The van der Waals surface area contributed by atoms with Gasteiger partial charge in [0.2, 0.25) is 11.3 Å². The van der Waals surface area contributed by atoms with Crippen LogP contribution in [0.3, 0.4) is 0 Å². The van der Waals surface area contributed by atoms with E-state index in [1.807, 2.05) is 12.1 Å². The maximum atomic E-state index is 11.9. The molecule has 0 atom stereocenters. The summed E-state index contributed by atoms with van der Waals surface area (Å²) in [6.07, 6.45) is 5.20. The molecule has 1 aliphatic heterocycles. The molecule has 1 N–H and O–H groups in total. The minimum absolute atomic E-state index is 0.107. The number of benzene rings is 1. The maximum absolute atomic E-state index is 11.9. The summed E-state index contributed by atoms with van der Waals surface area (Å²) < 4.78 is 15.9. The number of rotatable bonds is 7. The maximum Gasteiger partial charge on any atom is 0.338 e. The van der Waals surface area contributed by atoms with E-state index in [4.69, 9.17) is 14.1 Å². The number of carbonyl (C=O) groups is 1. The first-order valence-corrected chi connectivity index (χ1v) is 11.1. The summed E-state index contributed by atoms with van der Waals surface area (Å²) in [7, 11) is 0. The van der Waals surface area contributed by atoms with Gasteiger partial charge >= 0.3 is 5.97 Å². The molecule has 0 radical (unpaired) electrons. The third-order valence-corrected chi connectivity index (χ3v) is 5.45. The average molecular weight is 461 g/mol. The van der Waals surface area contributed by atoms with Crippen LogP contribution in [0.4, 0.5) is 17.3 Å². The van der Waals surface area contributed by atoms with Gasteiger partial charge in [-0.1, -0.05) is 0 Å². The molecular formula is C23H23N7O4. The van der Waals surface area contributed by atoms with Crippen molar-refractivity contribution in [1.29, 1.82) is 0 Å². The first-order chi connectivity index (χ1) is 16.7. The number of pyridine rings is 1. The summed E-state index contributed by atoms with van der Waals surface area (Å²) in [5.74, 6) is 1.64. The molecule has 34 heavy (non-hydrogen) atoms. The minimum atomic E-state index is -0.360. The lowest BCUT2D eigenvalue weighted by molar-refractivity contribution is 0.0526. The standard InChI is InChI=1S/C23H23N7O4/c1-2-32-23(31)15-3-5-16(6-4-15)25-21-22(27-20-19(26-21)28-34-29-20)30-13-9-18(10-14-30)33-17-7-11-24-12-8-17/h3-8,11-12,18H,2,9-10,13-14H2,1H3,(H,25,26,28). The Labute approximate surface area is 195 Å². The summed E-state index contributed by atoms with van der Waals surface area (Å²) >= 11 is 0. The smallest absolute Gasteiger partial charge is 0.338 e. The van der Waals surface area contributed by atoms with E-state index in [2.05, 4.69) is 35.5 Å². The van der Waals surface area contributed by atoms with Gasteiger partial charge in [-0.2, -0.15) is 0 Å². The molecule has 1 fully saturated rings. The zero-order valence-electron chi connectivity index (χ0n) is 18.5. The third-order valence-electron chi connectivity index (χ3n) is 5.45. The van der Waals surface area contributed by atoms with Crippen molar-refractivity contribution in [3.8, 4) is 5.75 Å². The van der Waals surface area contributed by atoms with E-state index in [0.717, 1.165) is 37.4 Å². The second-order valence-electron chi connectivity index (χ2n) is 7.72. The Hall–Kier alpha value is -4.28. The molecule has 5 rings (SSSR count). The molecule has 0 bridgehead atoms. The Kier molecular flexibility index (Phi) is 6.15. The lowest BCUT2D eigenvalue weighted by Gasteiger charge is -2.33. The zero-order chi connectivity index (χ0) is 23.3. The van der Waals surface area contributed by atoms with Crippen molar-refractivity contribution in [2.45, 2.75) is 25.9 Å². The number of nitrogens with zero attached hydrogens (tertiary/aromatic N) is 6. The number of fused-ring (bicyclic) bond motifs is 1. The predicted molar refractivity (Wildman–Crippen MR) is 123 cm³/mol. The zero-order valence-corrected chi connectivity index (χ0v) is 18.5. The number of aromatic nitrogens is 5. The number of carbonyl (C=O) groups excluding carboxylic acids is 1. The van der Waals surface area contributed by atoms with E-state index in [1.165, 1.54) is 0 Å². The molecule has 0 unspecified atom stereocenters. The van der Waals surface area contributed by atoms with Crippen LogP contribution in [0, 0.1) is 0 Å². The Bertz CT molecular complexity index is 1260. The second kappa shape index (κ2) is 9.69. The van der Waals surface area contributed by atoms with Crippen LogP contribution in [-0.4, -0.2) is 57.0 Å². The van der Waals surface area contributed by atoms with Crippen LogP contribution in [0.15, 0.2) is 53.4 Å². The topological polar surface area (TPSA) is 128 Å². The molecule has 174 valence electrons. The molecule has 1 aliphatic rings. The molecule has 0 aliphatic carbocycles. The number of hydrogen-bond acceptors (Lipinski definition) is 11. The van der Waals surface area contributed by atoms with E-state index in [0.29, 0.717) is 35.1 Å². The molecule has 0 amide bonds. The lowest BCUT2D eigenvalue weighted by Crippen LogP contribution is -2.39. The monoisotopic (exact) mass is 461 g/mol. The Morgan fingerprint density at radius 3 is 2.47 bits per heavy atom. The fourth-order valence-corrected chi connectivity index (χ4v) is 3.77. The van der Waals surface area contributed by atoms with Crippen LogP contribution >= 0.6 is 0 Å². The third kappa shape index (κ3) is 4.72. The summed E-state index contributed by atoms with van der Waals surface area (Å²) in [6.45, 7) is 3.57. The molecular weight excluding hydrogens is 438 g/mol. The molecule has 4 aromatic rings. The molecule has 0 saturated carbocycles. The van der Waals surface area contributed by atoms with Gasteiger partial charge in [-0.3, -0.25) is 4.98 Å². The van der Waals surface area contributed by atoms with Crippen molar-refractivity contribution in [1.82, 2.24) is 25.3 Å². The summed E-state index contributed by atoms with van der Waals surface area (Å²) in [5, 5.41) is 11.0. The minimum Gasteiger partial charge on any atom is -0.490 e. The van der Waals surface area contributed by atoms with Gasteiger partial charge in [0.05, 0.1) is 12.2 Å². The molecule has 4 heterocycles. The lowest BCUT2D eigenvalue weighted by atomic mass is 10.1. The quantitative estimate of drug-likeness (QED) is 0.407. The highest BCUT2D eigenvalue weighted by molar-refractivity contribution is 5.90. The van der Waals surface area contributed by atoms with Crippen molar-refractivity contribution in [3.63, 3.8) is 0 Å². The number of hydrogen-bond donors (Lipinski definition) is 1. The number of piperidine rings is 1. The van der Waals surface area contributed by atoms with E-state index >= 15 is 0 Å². The fraction of sp³-hybridized carbons (Fsp3) is 0.304. The van der Waals surface area contributed by atoms with Crippen LogP contribution in [0.2, 0.25) is 0 Å². The number of ether oxygens (including phenoxy) is 2.